The summed E-state index contributed by atoms with van der Waals surface area (Å²) in [6, 6.07) is 0. The van der Waals surface area contributed by atoms with Crippen molar-refractivity contribution in [3.8, 4) is 0 Å². The van der Waals surface area contributed by atoms with Crippen LogP contribution in [-0.2, 0) is 4.79 Å². The summed E-state index contributed by atoms with van der Waals surface area (Å²) >= 11 is 0. The molecule has 1 aliphatic rings. The largest absolute Gasteiger partial charge is 0.354 e. The van der Waals surface area contributed by atoms with Crippen molar-refractivity contribution in [2.45, 2.75) is 6.42 Å². The number of carbonyl (C=O) groups is 1. The second-order valence-corrected chi connectivity index (χ2v) is 1.71. The lowest BCUT2D eigenvalue weighted by molar-refractivity contribution is -0.120. The number of rotatable bonds is 0. The fraction of sp³-hybridized carbons (Fsp3) is 0.600. The second-order valence-electron chi connectivity index (χ2n) is 1.71. The Balaban J connectivity index is 2.27. The maximum absolute atomic E-state index is 10.5. The molecule has 1 fully saturated rings. The van der Waals surface area contributed by atoms with Crippen LogP contribution in [0.5, 0.6) is 0 Å². The van der Waals surface area contributed by atoms with Gasteiger partial charge in [-0.2, -0.15) is 0 Å². The molecule has 1 aliphatic heterocycles. The van der Waals surface area contributed by atoms with Gasteiger partial charge in [0.1, 0.15) is 0 Å². The Morgan fingerprint density at radius 3 is 3.38 bits per heavy atom. The SMILES string of the molecule is O=C1CCN[CH]CN1. The van der Waals surface area contributed by atoms with Crippen molar-refractivity contribution >= 4 is 5.91 Å². The van der Waals surface area contributed by atoms with Crippen molar-refractivity contribution in [3.05, 3.63) is 6.54 Å². The number of amides is 1. The van der Waals surface area contributed by atoms with E-state index in [1.54, 1.807) is 0 Å². The molecule has 0 spiro atoms. The highest BCUT2D eigenvalue weighted by molar-refractivity contribution is 5.76. The van der Waals surface area contributed by atoms with Gasteiger partial charge in [-0.1, -0.05) is 0 Å². The van der Waals surface area contributed by atoms with Gasteiger partial charge in [-0.3, -0.25) is 4.79 Å². The number of carbonyl (C=O) groups excluding carboxylic acids is 1. The van der Waals surface area contributed by atoms with Crippen LogP contribution in [0.25, 0.3) is 0 Å². The zero-order chi connectivity index (χ0) is 5.82. The third kappa shape index (κ3) is 1.50. The van der Waals surface area contributed by atoms with Gasteiger partial charge in [0, 0.05) is 26.1 Å². The summed E-state index contributed by atoms with van der Waals surface area (Å²) in [6.07, 6.45) is 0.594. The third-order valence-electron chi connectivity index (χ3n) is 1.04. The molecule has 0 atom stereocenters. The molecule has 0 aromatic carbocycles. The van der Waals surface area contributed by atoms with Gasteiger partial charge in [-0.25, -0.2) is 0 Å². The van der Waals surface area contributed by atoms with Crippen LogP contribution in [0.4, 0.5) is 0 Å². The minimum Gasteiger partial charge on any atom is -0.354 e. The Morgan fingerprint density at radius 2 is 2.50 bits per heavy atom. The fourth-order valence-electron chi connectivity index (χ4n) is 0.613. The highest BCUT2D eigenvalue weighted by atomic mass is 16.1. The Morgan fingerprint density at radius 1 is 1.62 bits per heavy atom. The van der Waals surface area contributed by atoms with Gasteiger partial charge >= 0.3 is 0 Å². The van der Waals surface area contributed by atoms with Gasteiger partial charge in [0.05, 0.1) is 0 Å². The predicted molar refractivity (Wildman–Crippen MR) is 29.9 cm³/mol. The van der Waals surface area contributed by atoms with Gasteiger partial charge in [-0.15, -0.1) is 0 Å². The zero-order valence-electron chi connectivity index (χ0n) is 4.61. The lowest BCUT2D eigenvalue weighted by atomic mass is 10.4. The van der Waals surface area contributed by atoms with Crippen LogP contribution in [0.2, 0.25) is 0 Å². The van der Waals surface area contributed by atoms with Crippen molar-refractivity contribution in [3.63, 3.8) is 0 Å². The van der Waals surface area contributed by atoms with Crippen molar-refractivity contribution < 1.29 is 4.79 Å². The molecule has 0 bridgehead atoms. The van der Waals surface area contributed by atoms with E-state index in [-0.39, 0.29) is 5.91 Å². The quantitative estimate of drug-likeness (QED) is 0.434. The normalized spacial score (nSPS) is 21.8. The van der Waals surface area contributed by atoms with Crippen molar-refractivity contribution in [1.29, 1.82) is 0 Å². The molecule has 1 rings (SSSR count). The van der Waals surface area contributed by atoms with Crippen LogP contribution in [0, 0.1) is 6.54 Å². The van der Waals surface area contributed by atoms with E-state index in [9.17, 15) is 4.79 Å². The van der Waals surface area contributed by atoms with Gasteiger partial charge in [0.2, 0.25) is 5.91 Å². The summed E-state index contributed by atoms with van der Waals surface area (Å²) in [6.45, 7) is 3.27. The van der Waals surface area contributed by atoms with E-state index in [1.807, 2.05) is 6.54 Å². The van der Waals surface area contributed by atoms with Crippen LogP contribution in [0.15, 0.2) is 0 Å². The van der Waals surface area contributed by atoms with E-state index in [2.05, 4.69) is 10.6 Å². The summed E-state index contributed by atoms with van der Waals surface area (Å²) in [4.78, 5) is 10.5. The van der Waals surface area contributed by atoms with Crippen LogP contribution in [0.1, 0.15) is 6.42 Å². The van der Waals surface area contributed by atoms with E-state index in [0.29, 0.717) is 13.0 Å². The van der Waals surface area contributed by atoms with Crippen LogP contribution in [-0.4, -0.2) is 19.0 Å². The molecule has 3 nitrogen and oxygen atoms in total. The molecule has 1 amide bonds. The summed E-state index contributed by atoms with van der Waals surface area (Å²) in [5, 5.41) is 5.66. The van der Waals surface area contributed by atoms with E-state index in [4.69, 9.17) is 0 Å². The first-order valence-electron chi connectivity index (χ1n) is 2.71. The maximum atomic E-state index is 10.5. The Bertz CT molecular complexity index is 82.4. The molecular formula is C5H9N2O. The number of hydrogen-bond donors (Lipinski definition) is 2. The fourth-order valence-corrected chi connectivity index (χ4v) is 0.613. The first-order chi connectivity index (χ1) is 3.89. The molecule has 1 saturated heterocycles. The molecule has 45 valence electrons. The van der Waals surface area contributed by atoms with Gasteiger partial charge in [0.15, 0.2) is 0 Å². The summed E-state index contributed by atoms with van der Waals surface area (Å²) < 4.78 is 0. The smallest absolute Gasteiger partial charge is 0.221 e. The van der Waals surface area contributed by atoms with E-state index < -0.39 is 0 Å². The van der Waals surface area contributed by atoms with Gasteiger partial charge in [-0.05, 0) is 0 Å². The monoisotopic (exact) mass is 113 g/mol. The van der Waals surface area contributed by atoms with Crippen LogP contribution in [0.3, 0.4) is 0 Å². The molecule has 0 unspecified atom stereocenters. The molecule has 1 heterocycles. The molecule has 0 aliphatic carbocycles. The third-order valence-corrected chi connectivity index (χ3v) is 1.04. The summed E-state index contributed by atoms with van der Waals surface area (Å²) in [5.41, 5.74) is 0. The van der Waals surface area contributed by atoms with Gasteiger partial charge in [0.25, 0.3) is 0 Å². The zero-order valence-corrected chi connectivity index (χ0v) is 4.61. The molecule has 8 heavy (non-hydrogen) atoms. The maximum Gasteiger partial charge on any atom is 0.221 e. The van der Waals surface area contributed by atoms with Gasteiger partial charge < -0.3 is 10.6 Å². The number of nitrogens with one attached hydrogen (secondary N) is 2. The van der Waals surface area contributed by atoms with E-state index in [1.165, 1.54) is 0 Å². The summed E-state index contributed by atoms with van der Waals surface area (Å²) in [7, 11) is 0. The standard InChI is InChI=1S/C5H9N2O/c8-5-1-2-6-3-4-7-5/h3,6H,1-2,4H2,(H,7,8). The van der Waals surface area contributed by atoms with Crippen LogP contribution < -0.4 is 10.6 Å². The molecule has 0 aromatic rings. The van der Waals surface area contributed by atoms with Crippen molar-refractivity contribution in [2.24, 2.45) is 0 Å². The Hall–Kier alpha value is -0.570. The first kappa shape index (κ1) is 5.56. The van der Waals surface area contributed by atoms with E-state index >= 15 is 0 Å². The van der Waals surface area contributed by atoms with E-state index in [0.717, 1.165) is 6.54 Å². The predicted octanol–water partition coefficient (Wildman–Crippen LogP) is -0.742. The molecule has 0 saturated carbocycles. The van der Waals surface area contributed by atoms with Crippen LogP contribution >= 0.6 is 0 Å². The molecular weight excluding hydrogens is 104 g/mol. The lowest BCUT2D eigenvalue weighted by Crippen LogP contribution is -2.21. The number of hydrogen-bond acceptors (Lipinski definition) is 2. The second kappa shape index (κ2) is 2.67. The minimum absolute atomic E-state index is 0.131. The lowest BCUT2D eigenvalue weighted by Gasteiger charge is -1.92. The van der Waals surface area contributed by atoms with Crippen molar-refractivity contribution in [2.75, 3.05) is 13.1 Å². The topological polar surface area (TPSA) is 41.1 Å². The Kier molecular flexibility index (Phi) is 1.86. The highest BCUT2D eigenvalue weighted by Gasteiger charge is 2.02. The molecule has 1 radical (unpaired) electrons. The minimum atomic E-state index is 0.131. The summed E-state index contributed by atoms with van der Waals surface area (Å²) in [5.74, 6) is 0.131. The molecule has 0 aromatic heterocycles. The van der Waals surface area contributed by atoms with Crippen molar-refractivity contribution in [1.82, 2.24) is 10.6 Å². The first-order valence-corrected chi connectivity index (χ1v) is 2.71. The highest BCUT2D eigenvalue weighted by Crippen LogP contribution is 1.82. The Labute approximate surface area is 48.5 Å². The average molecular weight is 113 g/mol. The molecule has 2 N–H and O–H groups in total. The average Bonchev–Trinajstić information content (AvgIpc) is 1.94. The molecule has 3 heteroatoms.